The third-order valence-electron chi connectivity index (χ3n) is 3.83. The highest BCUT2D eigenvalue weighted by molar-refractivity contribution is 5.97. The summed E-state index contributed by atoms with van der Waals surface area (Å²) in [7, 11) is 0. The van der Waals surface area contributed by atoms with Crippen LogP contribution in [0.1, 0.15) is 28.4 Å². The Balaban J connectivity index is 1.89. The summed E-state index contributed by atoms with van der Waals surface area (Å²) in [5.74, 6) is -2.33. The molecule has 0 aliphatic heterocycles. The van der Waals surface area contributed by atoms with Crippen LogP contribution in [-0.4, -0.2) is 30.4 Å². The molecule has 1 atom stereocenters. The second-order valence-corrected chi connectivity index (χ2v) is 6.26. The van der Waals surface area contributed by atoms with E-state index in [9.17, 15) is 27.6 Å². The number of benzene rings is 2. The van der Waals surface area contributed by atoms with Crippen LogP contribution >= 0.6 is 0 Å². The van der Waals surface area contributed by atoms with E-state index < -0.39 is 47.9 Å². The van der Waals surface area contributed by atoms with E-state index in [4.69, 9.17) is 4.74 Å². The summed E-state index contributed by atoms with van der Waals surface area (Å²) in [5.41, 5.74) is -0.241. The molecule has 2 N–H and O–H groups in total. The number of rotatable bonds is 6. The van der Waals surface area contributed by atoms with Gasteiger partial charge in [0.15, 0.2) is 6.61 Å². The lowest BCUT2D eigenvalue weighted by atomic mass is 10.1. The number of alkyl halides is 3. The molecular weight excluding hydrogens is 389 g/mol. The number of amides is 2. The Morgan fingerprint density at radius 3 is 2.41 bits per heavy atom. The van der Waals surface area contributed by atoms with Gasteiger partial charge in [0.2, 0.25) is 0 Å². The van der Waals surface area contributed by atoms with Crippen molar-refractivity contribution in [3.8, 4) is 0 Å². The molecule has 0 saturated carbocycles. The van der Waals surface area contributed by atoms with Crippen molar-refractivity contribution in [3.05, 3.63) is 65.2 Å². The predicted octanol–water partition coefficient (Wildman–Crippen LogP) is 3.31. The second-order valence-electron chi connectivity index (χ2n) is 6.26. The van der Waals surface area contributed by atoms with Gasteiger partial charge in [0.1, 0.15) is 6.04 Å². The van der Waals surface area contributed by atoms with E-state index >= 15 is 0 Å². The van der Waals surface area contributed by atoms with Crippen LogP contribution in [0.4, 0.5) is 18.9 Å². The van der Waals surface area contributed by atoms with E-state index in [1.54, 1.807) is 18.2 Å². The lowest BCUT2D eigenvalue weighted by Gasteiger charge is -2.15. The molecule has 0 bridgehead atoms. The zero-order chi connectivity index (χ0) is 21.6. The predicted molar refractivity (Wildman–Crippen MR) is 99.1 cm³/mol. The fraction of sp³-hybridized carbons (Fsp3) is 0.250. The SMILES string of the molecule is Cc1cccc(C(=O)N[C@@H](C)C(=O)OCC(=O)Nc2ccccc2C(F)(F)F)c1. The monoisotopic (exact) mass is 408 g/mol. The Kier molecular flexibility index (Phi) is 6.98. The molecule has 0 fully saturated rings. The van der Waals surface area contributed by atoms with Crippen molar-refractivity contribution in [1.29, 1.82) is 0 Å². The molecule has 9 heteroatoms. The first kappa shape index (κ1) is 21.9. The van der Waals surface area contributed by atoms with Gasteiger partial charge in [0.05, 0.1) is 11.3 Å². The van der Waals surface area contributed by atoms with E-state index in [2.05, 4.69) is 10.6 Å². The van der Waals surface area contributed by atoms with Gasteiger partial charge in [-0.05, 0) is 38.1 Å². The van der Waals surface area contributed by atoms with Crippen LogP contribution in [0.3, 0.4) is 0 Å². The second kappa shape index (κ2) is 9.22. The molecule has 0 spiro atoms. The van der Waals surface area contributed by atoms with Gasteiger partial charge < -0.3 is 15.4 Å². The van der Waals surface area contributed by atoms with Crippen LogP contribution in [-0.2, 0) is 20.5 Å². The number of carbonyl (C=O) groups is 3. The van der Waals surface area contributed by atoms with E-state index in [1.807, 2.05) is 13.0 Å². The molecule has 2 rings (SSSR count). The number of hydrogen-bond donors (Lipinski definition) is 2. The summed E-state index contributed by atoms with van der Waals surface area (Å²) >= 11 is 0. The molecule has 0 aromatic heterocycles. The molecule has 0 aliphatic rings. The van der Waals surface area contributed by atoms with Crippen molar-refractivity contribution in [1.82, 2.24) is 5.32 Å². The maximum atomic E-state index is 12.9. The molecule has 0 saturated heterocycles. The summed E-state index contributed by atoms with van der Waals surface area (Å²) in [6.45, 7) is 2.38. The summed E-state index contributed by atoms with van der Waals surface area (Å²) in [5, 5.41) is 4.49. The highest BCUT2D eigenvalue weighted by atomic mass is 19.4. The van der Waals surface area contributed by atoms with E-state index in [-0.39, 0.29) is 0 Å². The van der Waals surface area contributed by atoms with Crippen LogP contribution < -0.4 is 10.6 Å². The zero-order valence-corrected chi connectivity index (χ0v) is 15.7. The number of para-hydroxylation sites is 1. The van der Waals surface area contributed by atoms with Gasteiger partial charge in [-0.15, -0.1) is 0 Å². The molecule has 29 heavy (non-hydrogen) atoms. The maximum Gasteiger partial charge on any atom is 0.418 e. The average molecular weight is 408 g/mol. The Hall–Kier alpha value is -3.36. The molecule has 2 aromatic carbocycles. The number of ether oxygens (including phenoxy) is 1. The summed E-state index contributed by atoms with van der Waals surface area (Å²) in [6, 6.07) is 10.1. The average Bonchev–Trinajstić information content (AvgIpc) is 2.65. The van der Waals surface area contributed by atoms with Gasteiger partial charge in [-0.2, -0.15) is 13.2 Å². The third kappa shape index (κ3) is 6.34. The molecule has 0 heterocycles. The van der Waals surface area contributed by atoms with Gasteiger partial charge in [-0.3, -0.25) is 9.59 Å². The number of esters is 1. The fourth-order valence-electron chi connectivity index (χ4n) is 2.41. The highest BCUT2D eigenvalue weighted by Gasteiger charge is 2.33. The molecule has 2 amide bonds. The standard InChI is InChI=1S/C20H19F3N2O4/c1-12-6-5-7-14(10-12)18(27)24-13(2)19(28)29-11-17(26)25-16-9-4-3-8-15(16)20(21,22)23/h3-10,13H,11H2,1-2H3,(H,24,27)(H,25,26)/t13-/m0/s1. The van der Waals surface area contributed by atoms with Crippen LogP contribution in [0.15, 0.2) is 48.5 Å². The molecule has 154 valence electrons. The lowest BCUT2D eigenvalue weighted by molar-refractivity contribution is -0.148. The van der Waals surface area contributed by atoms with Crippen molar-refractivity contribution >= 4 is 23.5 Å². The maximum absolute atomic E-state index is 12.9. The Morgan fingerprint density at radius 2 is 1.76 bits per heavy atom. The smallest absolute Gasteiger partial charge is 0.418 e. The normalized spacial score (nSPS) is 12.0. The first-order chi connectivity index (χ1) is 13.6. The first-order valence-electron chi connectivity index (χ1n) is 8.58. The van der Waals surface area contributed by atoms with Crippen LogP contribution in [0.5, 0.6) is 0 Å². The van der Waals surface area contributed by atoms with Crippen molar-refractivity contribution in [2.24, 2.45) is 0 Å². The largest absolute Gasteiger partial charge is 0.454 e. The number of nitrogens with one attached hydrogen (secondary N) is 2. The van der Waals surface area contributed by atoms with Gasteiger partial charge in [-0.25, -0.2) is 4.79 Å². The number of carbonyl (C=O) groups excluding carboxylic acids is 3. The molecular formula is C20H19F3N2O4. The van der Waals surface area contributed by atoms with Gasteiger partial charge in [-0.1, -0.05) is 29.8 Å². The van der Waals surface area contributed by atoms with Gasteiger partial charge >= 0.3 is 12.1 Å². The minimum Gasteiger partial charge on any atom is -0.454 e. The Bertz CT molecular complexity index is 913. The van der Waals surface area contributed by atoms with E-state index in [0.717, 1.165) is 17.7 Å². The summed E-state index contributed by atoms with van der Waals surface area (Å²) in [6.07, 6.45) is -4.64. The minimum absolute atomic E-state index is 0.353. The van der Waals surface area contributed by atoms with Crippen molar-refractivity contribution in [2.45, 2.75) is 26.1 Å². The summed E-state index contributed by atoms with van der Waals surface area (Å²) in [4.78, 5) is 35.9. The minimum atomic E-state index is -4.64. The quantitative estimate of drug-likeness (QED) is 0.719. The van der Waals surface area contributed by atoms with E-state index in [1.165, 1.54) is 19.1 Å². The molecule has 0 unspecified atom stereocenters. The molecule has 0 aliphatic carbocycles. The zero-order valence-electron chi connectivity index (χ0n) is 15.7. The number of halogens is 3. The third-order valence-corrected chi connectivity index (χ3v) is 3.83. The number of anilines is 1. The molecule has 6 nitrogen and oxygen atoms in total. The highest BCUT2D eigenvalue weighted by Crippen LogP contribution is 2.34. The van der Waals surface area contributed by atoms with Crippen LogP contribution in [0.25, 0.3) is 0 Å². The van der Waals surface area contributed by atoms with Crippen LogP contribution in [0, 0.1) is 6.92 Å². The molecule has 0 radical (unpaired) electrons. The van der Waals surface area contributed by atoms with Crippen molar-refractivity contribution in [2.75, 3.05) is 11.9 Å². The first-order valence-corrected chi connectivity index (χ1v) is 8.58. The van der Waals surface area contributed by atoms with E-state index in [0.29, 0.717) is 5.56 Å². The topological polar surface area (TPSA) is 84.5 Å². The Labute approximate surface area is 165 Å². The van der Waals surface area contributed by atoms with Crippen LogP contribution in [0.2, 0.25) is 0 Å². The Morgan fingerprint density at radius 1 is 1.07 bits per heavy atom. The summed E-state index contributed by atoms with van der Waals surface area (Å²) < 4.78 is 43.6. The molecule has 2 aromatic rings. The fourth-order valence-corrected chi connectivity index (χ4v) is 2.41. The van der Waals surface area contributed by atoms with Gasteiger partial charge in [0.25, 0.3) is 11.8 Å². The van der Waals surface area contributed by atoms with Crippen molar-refractivity contribution in [3.63, 3.8) is 0 Å². The van der Waals surface area contributed by atoms with Gasteiger partial charge in [0, 0.05) is 5.56 Å². The lowest BCUT2D eigenvalue weighted by Crippen LogP contribution is -2.40. The number of aryl methyl sites for hydroxylation is 1. The number of hydrogen-bond acceptors (Lipinski definition) is 4. The van der Waals surface area contributed by atoms with Crippen molar-refractivity contribution < 1.29 is 32.3 Å².